The zero-order valence-electron chi connectivity index (χ0n) is 13.7. The summed E-state index contributed by atoms with van der Waals surface area (Å²) in [6.07, 6.45) is 4.39. The Labute approximate surface area is 154 Å². The van der Waals surface area contributed by atoms with Crippen LogP contribution in [0.2, 0.25) is 5.02 Å². The van der Waals surface area contributed by atoms with Crippen LogP contribution in [0.25, 0.3) is 17.1 Å². The number of aromatic nitrogens is 2. The van der Waals surface area contributed by atoms with Gasteiger partial charge in [0, 0.05) is 41.8 Å². The van der Waals surface area contributed by atoms with E-state index in [9.17, 15) is 4.79 Å². The Bertz CT molecular complexity index is 1040. The number of nitrogens with zero attached hydrogens (tertiary/aromatic N) is 2. The molecule has 1 amide bonds. The molecule has 3 aromatic rings. The number of halogens is 1. The van der Waals surface area contributed by atoms with Crippen LogP contribution in [-0.4, -0.2) is 28.8 Å². The number of hydrogen-bond acceptors (Lipinski definition) is 4. The van der Waals surface area contributed by atoms with Gasteiger partial charge < -0.3 is 14.8 Å². The van der Waals surface area contributed by atoms with Gasteiger partial charge in [0.05, 0.1) is 5.02 Å². The highest BCUT2D eigenvalue weighted by Crippen LogP contribution is 2.41. The van der Waals surface area contributed by atoms with Gasteiger partial charge in [-0.05, 0) is 30.2 Å². The Hall–Kier alpha value is -2.99. The van der Waals surface area contributed by atoms with E-state index in [1.807, 2.05) is 35.0 Å². The van der Waals surface area contributed by atoms with Crippen molar-refractivity contribution >= 4 is 17.5 Å². The number of nitrogens with one attached hydrogen (secondary N) is 1. The van der Waals surface area contributed by atoms with Gasteiger partial charge in [-0.1, -0.05) is 17.7 Å². The third-order valence-electron chi connectivity index (χ3n) is 4.64. The van der Waals surface area contributed by atoms with Gasteiger partial charge in [-0.15, -0.1) is 0 Å². The molecule has 3 heterocycles. The van der Waals surface area contributed by atoms with Crippen molar-refractivity contribution in [2.75, 3.05) is 13.3 Å². The molecular weight excluding hydrogens is 354 g/mol. The zero-order chi connectivity index (χ0) is 17.7. The van der Waals surface area contributed by atoms with Gasteiger partial charge in [-0.25, -0.2) is 4.98 Å². The summed E-state index contributed by atoms with van der Waals surface area (Å²) in [6.45, 7) is 0.859. The van der Waals surface area contributed by atoms with Crippen LogP contribution in [-0.2, 0) is 6.42 Å². The molecule has 1 N–H and O–H groups in total. The van der Waals surface area contributed by atoms with E-state index in [1.165, 1.54) is 0 Å². The summed E-state index contributed by atoms with van der Waals surface area (Å²) in [5.41, 5.74) is 3.34. The second-order valence-corrected chi connectivity index (χ2v) is 6.56. The van der Waals surface area contributed by atoms with E-state index in [0.717, 1.165) is 23.2 Å². The first kappa shape index (κ1) is 15.3. The molecule has 130 valence electrons. The minimum absolute atomic E-state index is 0.0455. The number of imidazole rings is 1. The first-order chi connectivity index (χ1) is 12.7. The number of amides is 1. The number of carbonyl (C=O) groups is 1. The summed E-state index contributed by atoms with van der Waals surface area (Å²) in [5.74, 6) is 1.89. The Morgan fingerprint density at radius 2 is 1.96 bits per heavy atom. The minimum Gasteiger partial charge on any atom is -0.454 e. The van der Waals surface area contributed by atoms with Crippen LogP contribution < -0.4 is 14.8 Å². The van der Waals surface area contributed by atoms with Crippen LogP contribution in [0, 0.1) is 0 Å². The van der Waals surface area contributed by atoms with Crippen LogP contribution in [0.1, 0.15) is 15.9 Å². The van der Waals surface area contributed by atoms with Crippen LogP contribution in [0.4, 0.5) is 0 Å². The Morgan fingerprint density at radius 1 is 1.12 bits per heavy atom. The summed E-state index contributed by atoms with van der Waals surface area (Å²) >= 11 is 6.44. The van der Waals surface area contributed by atoms with Crippen LogP contribution in [0.3, 0.4) is 0 Å². The summed E-state index contributed by atoms with van der Waals surface area (Å²) in [7, 11) is 0. The van der Waals surface area contributed by atoms with Gasteiger partial charge in [0.15, 0.2) is 11.5 Å². The number of benzene rings is 2. The van der Waals surface area contributed by atoms with Gasteiger partial charge in [0.2, 0.25) is 6.79 Å². The smallest absolute Gasteiger partial charge is 0.251 e. The Morgan fingerprint density at radius 3 is 2.85 bits per heavy atom. The molecule has 0 unspecified atom stereocenters. The molecule has 2 aliphatic rings. The molecule has 0 bridgehead atoms. The van der Waals surface area contributed by atoms with Gasteiger partial charge in [0.25, 0.3) is 5.91 Å². The van der Waals surface area contributed by atoms with E-state index in [0.29, 0.717) is 34.5 Å². The zero-order valence-corrected chi connectivity index (χ0v) is 14.4. The predicted octanol–water partition coefficient (Wildman–Crippen LogP) is 3.21. The molecule has 0 saturated heterocycles. The van der Waals surface area contributed by atoms with E-state index in [2.05, 4.69) is 10.3 Å². The topological polar surface area (TPSA) is 65.4 Å². The largest absolute Gasteiger partial charge is 0.454 e. The fourth-order valence-corrected chi connectivity index (χ4v) is 3.59. The maximum Gasteiger partial charge on any atom is 0.251 e. The lowest BCUT2D eigenvalue weighted by atomic mass is 9.99. The number of carbonyl (C=O) groups excluding carboxylic acids is 1. The fraction of sp³-hybridized carbons (Fsp3) is 0.158. The van der Waals surface area contributed by atoms with E-state index < -0.39 is 0 Å². The summed E-state index contributed by atoms with van der Waals surface area (Å²) in [5, 5.41) is 3.40. The van der Waals surface area contributed by atoms with E-state index in [4.69, 9.17) is 21.1 Å². The maximum atomic E-state index is 12.2. The summed E-state index contributed by atoms with van der Waals surface area (Å²) < 4.78 is 12.7. The van der Waals surface area contributed by atoms with Crippen LogP contribution >= 0.6 is 11.6 Å². The summed E-state index contributed by atoms with van der Waals surface area (Å²) in [6, 6.07) is 9.43. The van der Waals surface area contributed by atoms with Crippen LogP contribution in [0.15, 0.2) is 42.7 Å². The SMILES string of the molecule is O=C1NCCc2ccc(-n3ccnc3-c3cc4c(cc3Cl)OCO4)cc21. The molecule has 0 aliphatic carbocycles. The molecule has 0 atom stereocenters. The van der Waals surface area contributed by atoms with Gasteiger partial charge in [0.1, 0.15) is 5.82 Å². The lowest BCUT2D eigenvalue weighted by molar-refractivity contribution is 0.0946. The molecule has 2 aromatic carbocycles. The third kappa shape index (κ3) is 2.34. The second-order valence-electron chi connectivity index (χ2n) is 6.15. The second kappa shape index (κ2) is 5.78. The lowest BCUT2D eigenvalue weighted by Crippen LogP contribution is -2.31. The van der Waals surface area contributed by atoms with E-state index in [-0.39, 0.29) is 12.7 Å². The lowest BCUT2D eigenvalue weighted by Gasteiger charge is -2.18. The van der Waals surface area contributed by atoms with Crippen molar-refractivity contribution in [2.24, 2.45) is 0 Å². The molecular formula is C19H14ClN3O3. The molecule has 6 nitrogen and oxygen atoms in total. The van der Waals surface area contributed by atoms with Crippen molar-refractivity contribution in [1.82, 2.24) is 14.9 Å². The molecule has 26 heavy (non-hydrogen) atoms. The highest BCUT2D eigenvalue weighted by Gasteiger charge is 2.21. The van der Waals surface area contributed by atoms with Crippen LogP contribution in [0.5, 0.6) is 11.5 Å². The van der Waals surface area contributed by atoms with Crippen molar-refractivity contribution in [1.29, 1.82) is 0 Å². The van der Waals surface area contributed by atoms with Gasteiger partial charge in [-0.2, -0.15) is 0 Å². The maximum absolute atomic E-state index is 12.2. The molecule has 0 radical (unpaired) electrons. The summed E-state index contributed by atoms with van der Waals surface area (Å²) in [4.78, 5) is 16.6. The highest BCUT2D eigenvalue weighted by atomic mass is 35.5. The molecule has 7 heteroatoms. The fourth-order valence-electron chi connectivity index (χ4n) is 3.35. The average molecular weight is 368 g/mol. The molecule has 1 aromatic heterocycles. The average Bonchev–Trinajstić information content (AvgIpc) is 3.29. The molecule has 0 saturated carbocycles. The van der Waals surface area contributed by atoms with Crippen molar-refractivity contribution in [3.8, 4) is 28.6 Å². The monoisotopic (exact) mass is 367 g/mol. The number of ether oxygens (including phenoxy) is 2. The Kier molecular flexibility index (Phi) is 3.39. The number of hydrogen-bond donors (Lipinski definition) is 1. The third-order valence-corrected chi connectivity index (χ3v) is 4.95. The quantitative estimate of drug-likeness (QED) is 0.755. The van der Waals surface area contributed by atoms with Crippen molar-refractivity contribution < 1.29 is 14.3 Å². The number of fused-ring (bicyclic) bond motifs is 2. The molecule has 5 rings (SSSR count). The van der Waals surface area contributed by atoms with Gasteiger partial charge in [-0.3, -0.25) is 9.36 Å². The molecule has 0 fully saturated rings. The predicted molar refractivity (Wildman–Crippen MR) is 96.2 cm³/mol. The van der Waals surface area contributed by atoms with E-state index in [1.54, 1.807) is 12.3 Å². The van der Waals surface area contributed by atoms with Crippen molar-refractivity contribution in [2.45, 2.75) is 6.42 Å². The normalized spacial score (nSPS) is 14.9. The minimum atomic E-state index is -0.0455. The van der Waals surface area contributed by atoms with Gasteiger partial charge >= 0.3 is 0 Å². The standard InChI is InChI=1S/C19H14ClN3O3/c20-15-9-17-16(25-10-26-17)8-14(15)18-21-5-6-23(18)12-2-1-11-3-4-22-19(24)13(11)7-12/h1-2,5-9H,3-4,10H2,(H,22,24). The highest BCUT2D eigenvalue weighted by molar-refractivity contribution is 6.33. The Balaban J connectivity index is 1.63. The van der Waals surface area contributed by atoms with E-state index >= 15 is 0 Å². The molecule has 0 spiro atoms. The van der Waals surface area contributed by atoms with Crippen molar-refractivity contribution in [3.05, 3.63) is 58.9 Å². The first-order valence-corrected chi connectivity index (χ1v) is 8.63. The van der Waals surface area contributed by atoms with Crippen molar-refractivity contribution in [3.63, 3.8) is 0 Å². The molecule has 2 aliphatic heterocycles. The number of rotatable bonds is 2. The first-order valence-electron chi connectivity index (χ1n) is 8.25.